The molecule has 1 aromatic carbocycles. The summed E-state index contributed by atoms with van der Waals surface area (Å²) in [5, 5.41) is 17.2. The van der Waals surface area contributed by atoms with E-state index in [1.54, 1.807) is 10.9 Å². The van der Waals surface area contributed by atoms with Crippen LogP contribution in [0.1, 0.15) is 50.5 Å². The molecule has 1 fully saturated rings. The Bertz CT molecular complexity index is 1100. The van der Waals surface area contributed by atoms with Crippen LogP contribution in [0.2, 0.25) is 0 Å². The van der Waals surface area contributed by atoms with Crippen molar-refractivity contribution in [1.82, 2.24) is 20.0 Å². The van der Waals surface area contributed by atoms with Gasteiger partial charge in [0.25, 0.3) is 11.8 Å². The van der Waals surface area contributed by atoms with Gasteiger partial charge in [-0.1, -0.05) is 18.2 Å². The van der Waals surface area contributed by atoms with Gasteiger partial charge in [0.05, 0.1) is 23.2 Å². The lowest BCUT2D eigenvalue weighted by atomic mass is 9.93. The van der Waals surface area contributed by atoms with Crippen LogP contribution in [0.5, 0.6) is 0 Å². The molecule has 3 aromatic rings. The number of aliphatic hydroxyl groups excluding tert-OH is 1. The molecule has 8 heteroatoms. The van der Waals surface area contributed by atoms with Gasteiger partial charge in [-0.2, -0.15) is 5.10 Å². The lowest BCUT2D eigenvalue weighted by molar-refractivity contribution is 0.0613. The second kappa shape index (κ2) is 9.20. The summed E-state index contributed by atoms with van der Waals surface area (Å²) >= 11 is 1.47. The highest BCUT2D eigenvalue weighted by Crippen LogP contribution is 2.34. The van der Waals surface area contributed by atoms with Gasteiger partial charge in [0.2, 0.25) is 0 Å². The average Bonchev–Trinajstić information content (AvgIpc) is 3.32. The molecule has 1 aliphatic heterocycles. The van der Waals surface area contributed by atoms with E-state index in [1.165, 1.54) is 11.3 Å². The molecule has 2 aromatic heterocycles. The highest BCUT2D eigenvalue weighted by Gasteiger charge is 2.31. The van der Waals surface area contributed by atoms with E-state index in [0.717, 1.165) is 40.6 Å². The Kier molecular flexibility index (Phi) is 6.38. The first-order valence-corrected chi connectivity index (χ1v) is 11.5. The van der Waals surface area contributed by atoms with Crippen LogP contribution in [-0.2, 0) is 13.5 Å². The first kappa shape index (κ1) is 21.5. The molecule has 7 nitrogen and oxygen atoms in total. The van der Waals surface area contributed by atoms with Crippen molar-refractivity contribution in [2.75, 3.05) is 19.7 Å². The van der Waals surface area contributed by atoms with Crippen LogP contribution in [0.25, 0.3) is 10.1 Å². The second-order valence-corrected chi connectivity index (χ2v) is 9.06. The van der Waals surface area contributed by atoms with Crippen molar-refractivity contribution >= 4 is 33.2 Å². The van der Waals surface area contributed by atoms with Crippen LogP contribution >= 0.6 is 11.3 Å². The molecule has 1 saturated heterocycles. The van der Waals surface area contributed by atoms with E-state index in [4.69, 9.17) is 5.11 Å². The van der Waals surface area contributed by atoms with E-state index in [0.29, 0.717) is 23.4 Å². The Hall–Kier alpha value is -2.71. The molecular weight excluding hydrogens is 412 g/mol. The highest BCUT2D eigenvalue weighted by atomic mass is 32.1. The summed E-state index contributed by atoms with van der Waals surface area (Å²) in [4.78, 5) is 28.8. The molecule has 0 spiro atoms. The summed E-state index contributed by atoms with van der Waals surface area (Å²) in [6.45, 7) is 2.75. The number of nitrogens with zero attached hydrogens (tertiary/aromatic N) is 3. The van der Waals surface area contributed by atoms with Gasteiger partial charge in [-0.05, 0) is 49.6 Å². The predicted octanol–water partition coefficient (Wildman–Crippen LogP) is 2.90. The van der Waals surface area contributed by atoms with Gasteiger partial charge >= 0.3 is 0 Å². The predicted molar refractivity (Wildman–Crippen MR) is 122 cm³/mol. The van der Waals surface area contributed by atoms with Gasteiger partial charge < -0.3 is 15.3 Å². The van der Waals surface area contributed by atoms with Crippen molar-refractivity contribution in [3.8, 4) is 0 Å². The van der Waals surface area contributed by atoms with Gasteiger partial charge in [0.15, 0.2) is 0 Å². The molecule has 31 heavy (non-hydrogen) atoms. The molecule has 0 bridgehead atoms. The number of rotatable bonds is 6. The monoisotopic (exact) mass is 440 g/mol. The molecule has 2 amide bonds. The van der Waals surface area contributed by atoms with Gasteiger partial charge in [-0.15, -0.1) is 11.3 Å². The Morgan fingerprint density at radius 1 is 1.29 bits per heavy atom. The highest BCUT2D eigenvalue weighted by molar-refractivity contribution is 7.21. The number of thiophene rings is 1. The molecular formula is C23H28N4O3S. The maximum absolute atomic E-state index is 13.4. The maximum Gasteiger partial charge on any atom is 0.261 e. The molecule has 0 radical (unpaired) electrons. The standard InChI is InChI=1S/C23H28N4O3S/c1-15-19(14-25-26(15)2)23(30)27-11-6-5-7-16(27)13-18-17-8-3-4-9-20(17)31-21(18)22(29)24-10-12-28/h3-4,8-9,14,16,28H,5-7,10-13H2,1-2H3,(H,24,29). The SMILES string of the molecule is Cc1c(C(=O)N2CCCCC2Cc2c(C(=O)NCCO)sc3ccccc23)cnn1C. The van der Waals surface area contributed by atoms with E-state index in [-0.39, 0.29) is 31.0 Å². The summed E-state index contributed by atoms with van der Waals surface area (Å²) in [5.41, 5.74) is 2.49. The zero-order valence-electron chi connectivity index (χ0n) is 17.9. The van der Waals surface area contributed by atoms with Crippen LogP contribution in [0.3, 0.4) is 0 Å². The molecule has 3 heterocycles. The number of hydrogen-bond donors (Lipinski definition) is 2. The third-order valence-corrected chi connectivity index (χ3v) is 7.31. The summed E-state index contributed by atoms with van der Waals surface area (Å²) in [7, 11) is 1.84. The number of piperidine rings is 1. The number of carbonyl (C=O) groups excluding carboxylic acids is 2. The number of amides is 2. The minimum absolute atomic E-state index is 0.0149. The normalized spacial score (nSPS) is 16.6. The Morgan fingerprint density at radius 3 is 2.84 bits per heavy atom. The molecule has 0 aliphatic carbocycles. The van der Waals surface area contributed by atoms with Crippen molar-refractivity contribution < 1.29 is 14.7 Å². The third kappa shape index (κ3) is 4.22. The lowest BCUT2D eigenvalue weighted by Crippen LogP contribution is -2.45. The van der Waals surface area contributed by atoms with E-state index < -0.39 is 0 Å². The fourth-order valence-electron chi connectivity index (χ4n) is 4.31. The lowest BCUT2D eigenvalue weighted by Gasteiger charge is -2.36. The Morgan fingerprint density at radius 2 is 2.10 bits per heavy atom. The van der Waals surface area contributed by atoms with Crippen molar-refractivity contribution in [3.63, 3.8) is 0 Å². The third-order valence-electron chi connectivity index (χ3n) is 6.10. The van der Waals surface area contributed by atoms with Crippen LogP contribution in [0, 0.1) is 6.92 Å². The summed E-state index contributed by atoms with van der Waals surface area (Å²) < 4.78 is 2.78. The number of benzene rings is 1. The topological polar surface area (TPSA) is 87.5 Å². The molecule has 1 atom stereocenters. The van der Waals surface area contributed by atoms with Crippen LogP contribution < -0.4 is 5.32 Å². The number of carbonyl (C=O) groups is 2. The quantitative estimate of drug-likeness (QED) is 0.617. The molecule has 2 N–H and O–H groups in total. The number of aromatic nitrogens is 2. The Balaban J connectivity index is 1.67. The van der Waals surface area contributed by atoms with Gasteiger partial charge in [-0.3, -0.25) is 14.3 Å². The minimum Gasteiger partial charge on any atom is -0.395 e. The Labute approximate surface area is 185 Å². The van der Waals surface area contributed by atoms with Crippen LogP contribution in [0.4, 0.5) is 0 Å². The average molecular weight is 441 g/mol. The van der Waals surface area contributed by atoms with Gasteiger partial charge in [0.1, 0.15) is 0 Å². The summed E-state index contributed by atoms with van der Waals surface area (Å²) in [5.74, 6) is -0.150. The van der Waals surface area contributed by atoms with E-state index >= 15 is 0 Å². The van der Waals surface area contributed by atoms with Crippen molar-refractivity contribution in [2.24, 2.45) is 7.05 Å². The molecule has 164 valence electrons. The number of nitrogens with one attached hydrogen (secondary N) is 1. The van der Waals surface area contributed by atoms with E-state index in [1.807, 2.05) is 43.1 Å². The van der Waals surface area contributed by atoms with Crippen molar-refractivity contribution in [3.05, 3.63) is 52.2 Å². The largest absolute Gasteiger partial charge is 0.395 e. The zero-order chi connectivity index (χ0) is 22.0. The molecule has 1 aliphatic rings. The summed E-state index contributed by atoms with van der Waals surface area (Å²) in [6, 6.07) is 8.05. The van der Waals surface area contributed by atoms with Crippen molar-refractivity contribution in [2.45, 2.75) is 38.6 Å². The molecule has 4 rings (SSSR count). The van der Waals surface area contributed by atoms with Gasteiger partial charge in [0, 0.05) is 36.6 Å². The fraction of sp³-hybridized carbons (Fsp3) is 0.435. The van der Waals surface area contributed by atoms with Crippen LogP contribution in [-0.4, -0.2) is 57.3 Å². The van der Waals surface area contributed by atoms with Crippen molar-refractivity contribution in [1.29, 1.82) is 0 Å². The number of fused-ring (bicyclic) bond motifs is 1. The van der Waals surface area contributed by atoms with E-state index in [2.05, 4.69) is 10.4 Å². The second-order valence-electron chi connectivity index (χ2n) is 8.00. The number of hydrogen-bond acceptors (Lipinski definition) is 5. The molecule has 0 saturated carbocycles. The fourth-order valence-corrected chi connectivity index (χ4v) is 5.46. The summed E-state index contributed by atoms with van der Waals surface area (Å²) in [6.07, 6.45) is 5.24. The zero-order valence-corrected chi connectivity index (χ0v) is 18.7. The van der Waals surface area contributed by atoms with Crippen LogP contribution in [0.15, 0.2) is 30.5 Å². The number of aliphatic hydroxyl groups is 1. The number of aryl methyl sites for hydroxylation is 1. The van der Waals surface area contributed by atoms with E-state index in [9.17, 15) is 9.59 Å². The first-order chi connectivity index (χ1) is 15.0. The molecule has 1 unspecified atom stereocenters. The smallest absolute Gasteiger partial charge is 0.261 e. The maximum atomic E-state index is 13.4. The number of likely N-dealkylation sites (tertiary alicyclic amines) is 1. The first-order valence-electron chi connectivity index (χ1n) is 10.7. The van der Waals surface area contributed by atoms with Gasteiger partial charge in [-0.25, -0.2) is 0 Å². The minimum atomic E-state index is -0.165.